The van der Waals surface area contributed by atoms with Crippen LogP contribution in [0.1, 0.15) is 32.1 Å². The van der Waals surface area contributed by atoms with Gasteiger partial charge in [0.05, 0.1) is 7.11 Å². The zero-order chi connectivity index (χ0) is 13.7. The quantitative estimate of drug-likeness (QED) is 0.882. The topological polar surface area (TPSA) is 79.9 Å². The lowest BCUT2D eigenvalue weighted by molar-refractivity contribution is -0.132. The number of anilines is 1. The summed E-state index contributed by atoms with van der Waals surface area (Å²) in [5, 5.41) is 9.42. The van der Waals surface area contributed by atoms with Gasteiger partial charge in [-0.15, -0.1) is 5.10 Å². The number of ether oxygens (including phenoxy) is 1. The highest BCUT2D eigenvalue weighted by molar-refractivity contribution is 5.91. The fourth-order valence-electron chi connectivity index (χ4n) is 4.95. The van der Waals surface area contributed by atoms with E-state index in [1.807, 2.05) is 0 Å². The molecule has 1 amide bonds. The van der Waals surface area contributed by atoms with Gasteiger partial charge in [-0.25, -0.2) is 5.10 Å². The third kappa shape index (κ3) is 1.89. The highest BCUT2D eigenvalue weighted by Gasteiger charge is 2.50. The number of nitrogens with one attached hydrogen (secondary N) is 2. The first kappa shape index (κ1) is 12.2. The Balaban J connectivity index is 1.48. The van der Waals surface area contributed by atoms with Gasteiger partial charge in [0.15, 0.2) is 0 Å². The van der Waals surface area contributed by atoms with E-state index in [1.165, 1.54) is 39.2 Å². The molecule has 0 aliphatic heterocycles. The van der Waals surface area contributed by atoms with E-state index in [-0.39, 0.29) is 17.8 Å². The smallest absolute Gasteiger partial charge is 0.336 e. The van der Waals surface area contributed by atoms with Crippen LogP contribution in [0, 0.1) is 29.6 Å². The molecule has 20 heavy (non-hydrogen) atoms. The number of H-pyrrole nitrogens is 1. The van der Waals surface area contributed by atoms with Crippen LogP contribution >= 0.6 is 0 Å². The van der Waals surface area contributed by atoms with Crippen LogP contribution in [0.4, 0.5) is 5.95 Å². The summed E-state index contributed by atoms with van der Waals surface area (Å²) in [6.07, 6.45) is 6.37. The van der Waals surface area contributed by atoms with Crippen molar-refractivity contribution in [3.8, 4) is 6.01 Å². The molecule has 108 valence electrons. The molecular formula is C14H20N4O2. The minimum absolute atomic E-state index is 0.109. The van der Waals surface area contributed by atoms with Crippen molar-refractivity contribution in [1.82, 2.24) is 15.2 Å². The Morgan fingerprint density at radius 2 is 1.85 bits per heavy atom. The first-order chi connectivity index (χ1) is 9.72. The summed E-state index contributed by atoms with van der Waals surface area (Å²) >= 11 is 0. The summed E-state index contributed by atoms with van der Waals surface area (Å²) in [6.45, 7) is 0. The number of methoxy groups -OCH3 is 1. The van der Waals surface area contributed by atoms with Gasteiger partial charge >= 0.3 is 6.01 Å². The molecule has 0 aromatic carbocycles. The molecular weight excluding hydrogens is 256 g/mol. The van der Waals surface area contributed by atoms with Crippen molar-refractivity contribution in [2.24, 2.45) is 29.6 Å². The molecule has 4 bridgehead atoms. The van der Waals surface area contributed by atoms with Gasteiger partial charge in [0.2, 0.25) is 11.9 Å². The molecule has 2 N–H and O–H groups in total. The molecule has 0 atom stereocenters. The summed E-state index contributed by atoms with van der Waals surface area (Å²) in [5.74, 6) is 3.59. The summed E-state index contributed by atoms with van der Waals surface area (Å²) < 4.78 is 4.91. The zero-order valence-corrected chi connectivity index (χ0v) is 11.6. The Bertz CT molecular complexity index is 499. The minimum atomic E-state index is 0.109. The van der Waals surface area contributed by atoms with Crippen molar-refractivity contribution in [3.63, 3.8) is 0 Å². The fraction of sp³-hybridized carbons (Fsp3) is 0.786. The van der Waals surface area contributed by atoms with Crippen LogP contribution < -0.4 is 10.1 Å². The molecule has 1 heterocycles. The molecule has 6 heteroatoms. The predicted octanol–water partition coefficient (Wildman–Crippen LogP) is 1.82. The van der Waals surface area contributed by atoms with E-state index in [0.717, 1.165) is 11.8 Å². The van der Waals surface area contributed by atoms with E-state index in [9.17, 15) is 4.79 Å². The number of carbonyl (C=O) groups excluding carboxylic acids is 1. The molecule has 1 aromatic heterocycles. The normalized spacial score (nSPS) is 38.0. The SMILES string of the molecule is COc1n[nH]c(NC(=O)C2C3CC4CC(C3)CC2C4)n1. The number of carbonyl (C=O) groups is 1. The van der Waals surface area contributed by atoms with Crippen LogP contribution in [0.2, 0.25) is 0 Å². The maximum absolute atomic E-state index is 12.6. The Labute approximate surface area is 117 Å². The van der Waals surface area contributed by atoms with Crippen molar-refractivity contribution >= 4 is 11.9 Å². The lowest BCUT2D eigenvalue weighted by Crippen LogP contribution is -2.49. The number of hydrogen-bond donors (Lipinski definition) is 2. The average Bonchev–Trinajstić information content (AvgIpc) is 2.85. The molecule has 4 aliphatic carbocycles. The van der Waals surface area contributed by atoms with Crippen LogP contribution in [0.25, 0.3) is 0 Å². The summed E-state index contributed by atoms with van der Waals surface area (Å²) in [6, 6.07) is 0.255. The van der Waals surface area contributed by atoms with Gasteiger partial charge in [-0.05, 0) is 55.8 Å². The van der Waals surface area contributed by atoms with E-state index < -0.39 is 0 Å². The van der Waals surface area contributed by atoms with Gasteiger partial charge in [0, 0.05) is 5.92 Å². The van der Waals surface area contributed by atoms with Gasteiger partial charge in [-0.2, -0.15) is 4.98 Å². The standard InChI is InChI=1S/C14H20N4O2/c1-20-14-16-13(17-18-14)15-12(19)11-9-3-7-2-8(5-9)6-10(11)4-7/h7-11H,2-6H2,1H3,(H2,15,16,17,18,19). The maximum atomic E-state index is 12.6. The summed E-state index contributed by atoms with van der Waals surface area (Å²) in [5.41, 5.74) is 0. The molecule has 4 aliphatic rings. The molecule has 0 spiro atoms. The van der Waals surface area contributed by atoms with E-state index in [1.54, 1.807) is 0 Å². The van der Waals surface area contributed by atoms with Gasteiger partial charge < -0.3 is 4.74 Å². The molecule has 4 saturated carbocycles. The van der Waals surface area contributed by atoms with E-state index >= 15 is 0 Å². The van der Waals surface area contributed by atoms with Crippen molar-refractivity contribution in [2.45, 2.75) is 32.1 Å². The first-order valence-corrected chi connectivity index (χ1v) is 7.50. The molecule has 0 unspecified atom stereocenters. The molecule has 5 rings (SSSR count). The van der Waals surface area contributed by atoms with Gasteiger partial charge in [-0.3, -0.25) is 10.1 Å². The van der Waals surface area contributed by atoms with Crippen LogP contribution in [0.15, 0.2) is 0 Å². The van der Waals surface area contributed by atoms with Crippen LogP contribution in [-0.4, -0.2) is 28.2 Å². The number of amides is 1. The van der Waals surface area contributed by atoms with E-state index in [0.29, 0.717) is 17.8 Å². The lowest BCUT2D eigenvalue weighted by atomic mass is 9.51. The minimum Gasteiger partial charge on any atom is -0.466 e. The van der Waals surface area contributed by atoms with Crippen LogP contribution in [-0.2, 0) is 4.79 Å². The zero-order valence-electron chi connectivity index (χ0n) is 11.6. The molecule has 0 saturated heterocycles. The van der Waals surface area contributed by atoms with E-state index in [2.05, 4.69) is 20.5 Å². The average molecular weight is 276 g/mol. The number of hydrogen-bond acceptors (Lipinski definition) is 4. The van der Waals surface area contributed by atoms with Gasteiger partial charge in [0.1, 0.15) is 0 Å². The van der Waals surface area contributed by atoms with Gasteiger partial charge in [-0.1, -0.05) is 0 Å². The number of nitrogens with zero attached hydrogens (tertiary/aromatic N) is 2. The van der Waals surface area contributed by atoms with Gasteiger partial charge in [0.25, 0.3) is 0 Å². The molecule has 0 radical (unpaired) electrons. The second kappa shape index (κ2) is 4.46. The molecule has 4 fully saturated rings. The number of rotatable bonds is 3. The van der Waals surface area contributed by atoms with Crippen LogP contribution in [0.3, 0.4) is 0 Å². The van der Waals surface area contributed by atoms with E-state index in [4.69, 9.17) is 4.74 Å². The van der Waals surface area contributed by atoms with Crippen molar-refractivity contribution < 1.29 is 9.53 Å². The fourth-order valence-corrected chi connectivity index (χ4v) is 4.95. The monoisotopic (exact) mass is 276 g/mol. The van der Waals surface area contributed by atoms with Crippen LogP contribution in [0.5, 0.6) is 6.01 Å². The highest BCUT2D eigenvalue weighted by Crippen LogP contribution is 2.56. The Hall–Kier alpha value is -1.59. The van der Waals surface area contributed by atoms with Crippen molar-refractivity contribution in [1.29, 1.82) is 0 Å². The van der Waals surface area contributed by atoms with Crippen molar-refractivity contribution in [2.75, 3.05) is 12.4 Å². The third-order valence-electron chi connectivity index (χ3n) is 5.42. The second-order valence-corrected chi connectivity index (χ2v) is 6.62. The predicted molar refractivity (Wildman–Crippen MR) is 72.1 cm³/mol. The highest BCUT2D eigenvalue weighted by atomic mass is 16.5. The molecule has 6 nitrogen and oxygen atoms in total. The Kier molecular flexibility index (Phi) is 2.72. The second-order valence-electron chi connectivity index (χ2n) is 6.62. The van der Waals surface area contributed by atoms with Crippen molar-refractivity contribution in [3.05, 3.63) is 0 Å². The maximum Gasteiger partial charge on any atom is 0.336 e. The Morgan fingerprint density at radius 1 is 1.20 bits per heavy atom. The number of aromatic amines is 1. The lowest BCUT2D eigenvalue weighted by Gasteiger charge is -2.53. The largest absolute Gasteiger partial charge is 0.466 e. The molecule has 1 aromatic rings. The third-order valence-corrected chi connectivity index (χ3v) is 5.42. The first-order valence-electron chi connectivity index (χ1n) is 7.50. The number of aromatic nitrogens is 3. The Morgan fingerprint density at radius 3 is 2.40 bits per heavy atom. The summed E-state index contributed by atoms with van der Waals surface area (Å²) in [7, 11) is 1.51. The summed E-state index contributed by atoms with van der Waals surface area (Å²) in [4.78, 5) is 16.6.